The number of anilines is 1. The average molecular weight is 491 g/mol. The third kappa shape index (κ3) is 4.57. The lowest BCUT2D eigenvalue weighted by Gasteiger charge is -2.33. The number of rotatable bonds is 5. The zero-order valence-electron chi connectivity index (χ0n) is 16.8. The van der Waals surface area contributed by atoms with E-state index in [0.29, 0.717) is 17.9 Å². The van der Waals surface area contributed by atoms with Crippen LogP contribution in [-0.2, 0) is 6.42 Å². The fourth-order valence-corrected chi connectivity index (χ4v) is 4.61. The first kappa shape index (κ1) is 21.7. The second-order valence-electron chi connectivity index (χ2n) is 7.47. The molecule has 3 nitrogen and oxygen atoms in total. The predicted molar refractivity (Wildman–Crippen MR) is 119 cm³/mol. The highest BCUT2D eigenvalue weighted by Crippen LogP contribution is 2.43. The maximum Gasteiger partial charge on any atom is 0.422 e. The van der Waals surface area contributed by atoms with Gasteiger partial charge in [-0.15, -0.1) is 0 Å². The molecule has 4 rings (SSSR count). The Bertz CT molecular complexity index is 1010. The van der Waals surface area contributed by atoms with Crippen molar-refractivity contribution in [1.29, 1.82) is 0 Å². The van der Waals surface area contributed by atoms with Crippen molar-refractivity contribution < 1.29 is 17.9 Å². The molecule has 0 amide bonds. The summed E-state index contributed by atoms with van der Waals surface area (Å²) in [6.45, 7) is 0. The van der Waals surface area contributed by atoms with Crippen LogP contribution in [0, 0.1) is 0 Å². The van der Waals surface area contributed by atoms with Gasteiger partial charge in [0, 0.05) is 16.2 Å². The van der Waals surface area contributed by atoms with Crippen LogP contribution in [0.15, 0.2) is 83.3 Å². The Hall–Kier alpha value is -2.51. The first-order valence-corrected chi connectivity index (χ1v) is 10.7. The molecule has 3 atom stereocenters. The van der Waals surface area contributed by atoms with Crippen molar-refractivity contribution in [1.82, 2.24) is 5.32 Å². The maximum absolute atomic E-state index is 14.2. The number of ether oxygens (including phenoxy) is 1. The standard InChI is InChI=1S/C24H22BrF3N2O/c1-31-19-13-11-18(12-14-19)30-22(16-7-3-2-4-8-16)21(29-23(30)24(26,27)28)15-17-9-5-6-10-20(17)25/h2-14,21-23,29H,15H2,1H3/t21-,22+,23?/m0/s1. The van der Waals surface area contributed by atoms with E-state index in [0.717, 1.165) is 15.6 Å². The zero-order chi connectivity index (χ0) is 22.0. The Kier molecular flexibility index (Phi) is 6.25. The van der Waals surface area contributed by atoms with Crippen LogP contribution < -0.4 is 15.0 Å². The number of hydrogen-bond donors (Lipinski definition) is 1. The SMILES string of the molecule is COc1ccc(N2C(C(F)(F)F)N[C@@H](Cc3ccccc3Br)[C@H]2c2ccccc2)cc1. The van der Waals surface area contributed by atoms with Crippen LogP contribution in [0.25, 0.3) is 0 Å². The van der Waals surface area contributed by atoms with Crippen molar-refractivity contribution in [2.45, 2.75) is 30.8 Å². The summed E-state index contributed by atoms with van der Waals surface area (Å²) in [5.41, 5.74) is 2.27. The molecule has 3 aromatic carbocycles. The number of alkyl halides is 3. The van der Waals surface area contributed by atoms with Gasteiger partial charge in [0.2, 0.25) is 0 Å². The van der Waals surface area contributed by atoms with E-state index >= 15 is 0 Å². The van der Waals surface area contributed by atoms with Gasteiger partial charge >= 0.3 is 6.18 Å². The fourth-order valence-electron chi connectivity index (χ4n) is 4.16. The van der Waals surface area contributed by atoms with Crippen molar-refractivity contribution in [2.75, 3.05) is 12.0 Å². The highest BCUT2D eigenvalue weighted by atomic mass is 79.9. The summed E-state index contributed by atoms with van der Waals surface area (Å²) in [6.07, 6.45) is -5.81. The monoisotopic (exact) mass is 490 g/mol. The first-order valence-electron chi connectivity index (χ1n) is 9.92. The lowest BCUT2D eigenvalue weighted by Crippen LogP contribution is -2.48. The molecule has 3 aromatic rings. The van der Waals surface area contributed by atoms with Gasteiger partial charge < -0.3 is 9.64 Å². The molecule has 1 aliphatic rings. The van der Waals surface area contributed by atoms with Crippen molar-refractivity contribution in [2.24, 2.45) is 0 Å². The van der Waals surface area contributed by atoms with Gasteiger partial charge in [-0.3, -0.25) is 5.32 Å². The van der Waals surface area contributed by atoms with Crippen molar-refractivity contribution in [3.8, 4) is 5.75 Å². The van der Waals surface area contributed by atoms with Gasteiger partial charge in [0.1, 0.15) is 5.75 Å². The summed E-state index contributed by atoms with van der Waals surface area (Å²) in [6, 6.07) is 22.8. The molecule has 0 radical (unpaired) electrons. The zero-order valence-corrected chi connectivity index (χ0v) is 18.4. The fraction of sp³-hybridized carbons (Fsp3) is 0.250. The summed E-state index contributed by atoms with van der Waals surface area (Å²) in [7, 11) is 1.53. The minimum absolute atomic E-state index is 0.445. The van der Waals surface area contributed by atoms with Gasteiger partial charge in [0.25, 0.3) is 0 Å². The van der Waals surface area contributed by atoms with E-state index in [4.69, 9.17) is 4.74 Å². The van der Waals surface area contributed by atoms with Crippen molar-refractivity contribution in [3.63, 3.8) is 0 Å². The molecular weight excluding hydrogens is 469 g/mol. The van der Waals surface area contributed by atoms with Gasteiger partial charge in [0.15, 0.2) is 6.17 Å². The number of halogens is 4. The largest absolute Gasteiger partial charge is 0.497 e. The molecule has 0 aliphatic carbocycles. The van der Waals surface area contributed by atoms with Crippen LogP contribution in [0.4, 0.5) is 18.9 Å². The van der Waals surface area contributed by atoms with Crippen LogP contribution in [-0.4, -0.2) is 25.5 Å². The molecule has 31 heavy (non-hydrogen) atoms. The van der Waals surface area contributed by atoms with Gasteiger partial charge in [-0.1, -0.05) is 64.5 Å². The summed E-state index contributed by atoms with van der Waals surface area (Å²) < 4.78 is 48.6. The highest BCUT2D eigenvalue weighted by Gasteiger charge is 2.53. The number of methoxy groups -OCH3 is 1. The third-order valence-corrected chi connectivity index (χ3v) is 6.32. The van der Waals surface area contributed by atoms with Crippen LogP contribution in [0.5, 0.6) is 5.75 Å². The molecule has 1 unspecified atom stereocenters. The van der Waals surface area contributed by atoms with Crippen LogP contribution in [0.1, 0.15) is 17.2 Å². The first-order chi connectivity index (χ1) is 14.9. The molecule has 7 heteroatoms. The lowest BCUT2D eigenvalue weighted by molar-refractivity contribution is -0.152. The van der Waals surface area contributed by atoms with Crippen LogP contribution in [0.3, 0.4) is 0 Å². The number of nitrogens with zero attached hydrogens (tertiary/aromatic N) is 1. The molecule has 1 N–H and O–H groups in total. The highest BCUT2D eigenvalue weighted by molar-refractivity contribution is 9.10. The van der Waals surface area contributed by atoms with E-state index in [1.807, 2.05) is 54.6 Å². The Labute approximate surface area is 188 Å². The Balaban J connectivity index is 1.80. The Morgan fingerprint density at radius 2 is 1.58 bits per heavy atom. The van der Waals surface area contributed by atoms with Gasteiger partial charge in [-0.05, 0) is 47.9 Å². The minimum atomic E-state index is -4.45. The molecule has 0 saturated carbocycles. The van der Waals surface area contributed by atoms with Gasteiger partial charge in [-0.25, -0.2) is 0 Å². The molecule has 1 fully saturated rings. The van der Waals surface area contributed by atoms with Crippen molar-refractivity contribution in [3.05, 3.63) is 94.5 Å². The van der Waals surface area contributed by atoms with E-state index in [-0.39, 0.29) is 0 Å². The minimum Gasteiger partial charge on any atom is -0.497 e. The lowest BCUT2D eigenvalue weighted by atomic mass is 9.94. The molecule has 1 saturated heterocycles. The molecule has 1 aliphatic heterocycles. The Morgan fingerprint density at radius 3 is 2.19 bits per heavy atom. The van der Waals surface area contributed by atoms with E-state index in [1.165, 1.54) is 12.0 Å². The van der Waals surface area contributed by atoms with E-state index < -0.39 is 24.4 Å². The normalized spacial score (nSPS) is 21.3. The third-order valence-electron chi connectivity index (χ3n) is 5.55. The number of hydrogen-bond acceptors (Lipinski definition) is 3. The quantitative estimate of drug-likeness (QED) is 0.466. The summed E-state index contributed by atoms with van der Waals surface area (Å²) >= 11 is 3.53. The predicted octanol–water partition coefficient (Wildman–Crippen LogP) is 6.11. The van der Waals surface area contributed by atoms with E-state index in [9.17, 15) is 13.2 Å². The average Bonchev–Trinajstić information content (AvgIpc) is 3.16. The van der Waals surface area contributed by atoms with E-state index in [1.54, 1.807) is 24.3 Å². The van der Waals surface area contributed by atoms with Gasteiger partial charge in [-0.2, -0.15) is 13.2 Å². The molecule has 1 heterocycles. The van der Waals surface area contributed by atoms with Gasteiger partial charge in [0.05, 0.1) is 13.2 Å². The topological polar surface area (TPSA) is 24.5 Å². The summed E-state index contributed by atoms with van der Waals surface area (Å²) in [5.74, 6) is 0.598. The number of nitrogens with one attached hydrogen (secondary N) is 1. The van der Waals surface area contributed by atoms with E-state index in [2.05, 4.69) is 21.2 Å². The molecule has 0 bridgehead atoms. The summed E-state index contributed by atoms with van der Waals surface area (Å²) in [5, 5.41) is 2.88. The van der Waals surface area contributed by atoms with Crippen LogP contribution >= 0.6 is 15.9 Å². The smallest absolute Gasteiger partial charge is 0.422 e. The molecular formula is C24H22BrF3N2O. The molecule has 162 valence electrons. The van der Waals surface area contributed by atoms with Crippen molar-refractivity contribution >= 4 is 21.6 Å². The molecule has 0 aromatic heterocycles. The Morgan fingerprint density at radius 1 is 0.935 bits per heavy atom. The molecule has 0 spiro atoms. The maximum atomic E-state index is 14.2. The number of benzene rings is 3. The second kappa shape index (κ2) is 8.93. The second-order valence-corrected chi connectivity index (χ2v) is 8.33. The van der Waals surface area contributed by atoms with Crippen LogP contribution in [0.2, 0.25) is 0 Å². The summed E-state index contributed by atoms with van der Waals surface area (Å²) in [4.78, 5) is 1.44.